The third-order valence-corrected chi connectivity index (χ3v) is 4.60. The lowest BCUT2D eigenvalue weighted by Gasteiger charge is -2.41. The largest absolute Gasteiger partial charge is 0.381 e. The normalized spacial score (nSPS) is 25.9. The summed E-state index contributed by atoms with van der Waals surface area (Å²) in [5.74, 6) is 0. The number of para-hydroxylation sites is 2. The lowest BCUT2D eigenvalue weighted by atomic mass is 9.86. The summed E-state index contributed by atoms with van der Waals surface area (Å²) in [5, 5.41) is 3.36. The zero-order valence-corrected chi connectivity index (χ0v) is 12.6. The quantitative estimate of drug-likeness (QED) is 0.903. The Morgan fingerprint density at radius 1 is 1.25 bits per heavy atom. The molecule has 4 nitrogen and oxygen atoms in total. The number of nitrogens with one attached hydrogen (secondary N) is 1. The topological polar surface area (TPSA) is 27.7 Å². The summed E-state index contributed by atoms with van der Waals surface area (Å²) in [4.78, 5) is 4.89. The Labute approximate surface area is 121 Å². The maximum Gasteiger partial charge on any atom is 0.0604 e. The van der Waals surface area contributed by atoms with Gasteiger partial charge in [-0.2, -0.15) is 0 Å². The van der Waals surface area contributed by atoms with E-state index < -0.39 is 0 Å². The first-order valence-electron chi connectivity index (χ1n) is 7.52. The van der Waals surface area contributed by atoms with Gasteiger partial charge in [0.1, 0.15) is 0 Å². The van der Waals surface area contributed by atoms with Crippen molar-refractivity contribution in [3.05, 3.63) is 24.3 Å². The molecule has 2 aliphatic rings. The highest BCUT2D eigenvalue weighted by atomic mass is 16.5. The highest BCUT2D eigenvalue weighted by Crippen LogP contribution is 2.36. The first kappa shape index (κ1) is 13.7. The van der Waals surface area contributed by atoms with Crippen LogP contribution in [0.25, 0.3) is 0 Å². The summed E-state index contributed by atoms with van der Waals surface area (Å²) in [5.41, 5.74) is 2.97. The second-order valence-corrected chi connectivity index (χ2v) is 6.16. The van der Waals surface area contributed by atoms with Gasteiger partial charge in [-0.1, -0.05) is 12.1 Å². The van der Waals surface area contributed by atoms with E-state index in [1.165, 1.54) is 11.4 Å². The summed E-state index contributed by atoms with van der Waals surface area (Å²) >= 11 is 0. The van der Waals surface area contributed by atoms with Crippen LogP contribution in [0.2, 0.25) is 0 Å². The number of fused-ring (bicyclic) bond motifs is 1. The second kappa shape index (κ2) is 5.62. The summed E-state index contributed by atoms with van der Waals surface area (Å²) in [7, 11) is 4.22. The molecule has 1 N–H and O–H groups in total. The van der Waals surface area contributed by atoms with E-state index in [1.807, 2.05) is 7.05 Å². The molecule has 2 aliphatic heterocycles. The molecule has 0 saturated carbocycles. The molecule has 0 radical (unpaired) electrons. The Morgan fingerprint density at radius 2 is 2.05 bits per heavy atom. The predicted molar refractivity (Wildman–Crippen MR) is 83.7 cm³/mol. The molecule has 0 spiro atoms. The van der Waals surface area contributed by atoms with Crippen LogP contribution in [0.4, 0.5) is 11.4 Å². The third-order valence-electron chi connectivity index (χ3n) is 4.60. The van der Waals surface area contributed by atoms with E-state index in [0.717, 1.165) is 45.8 Å². The monoisotopic (exact) mass is 275 g/mol. The number of anilines is 2. The molecular formula is C16H25N3O. The van der Waals surface area contributed by atoms with Crippen LogP contribution in [-0.2, 0) is 4.74 Å². The molecule has 0 bridgehead atoms. The van der Waals surface area contributed by atoms with Gasteiger partial charge in [-0.25, -0.2) is 0 Å². The van der Waals surface area contributed by atoms with Gasteiger partial charge >= 0.3 is 0 Å². The van der Waals surface area contributed by atoms with Gasteiger partial charge in [0.15, 0.2) is 0 Å². The van der Waals surface area contributed by atoms with E-state index in [0.29, 0.717) is 0 Å². The molecule has 1 unspecified atom stereocenters. The predicted octanol–water partition coefficient (Wildman–Crippen LogP) is 1.57. The molecule has 4 heteroatoms. The van der Waals surface area contributed by atoms with Crippen LogP contribution in [-0.4, -0.2) is 53.5 Å². The van der Waals surface area contributed by atoms with Crippen molar-refractivity contribution < 1.29 is 4.74 Å². The molecule has 1 aromatic carbocycles. The second-order valence-electron chi connectivity index (χ2n) is 6.16. The fourth-order valence-electron chi connectivity index (χ4n) is 3.48. The zero-order chi connectivity index (χ0) is 14.0. The molecule has 20 heavy (non-hydrogen) atoms. The first-order valence-corrected chi connectivity index (χ1v) is 7.52. The average molecular weight is 275 g/mol. The van der Waals surface area contributed by atoms with Crippen molar-refractivity contribution in [3.8, 4) is 0 Å². The van der Waals surface area contributed by atoms with Crippen LogP contribution in [0.1, 0.15) is 6.42 Å². The highest BCUT2D eigenvalue weighted by Gasteiger charge is 2.37. The van der Waals surface area contributed by atoms with Crippen molar-refractivity contribution in [1.29, 1.82) is 0 Å². The van der Waals surface area contributed by atoms with E-state index in [1.54, 1.807) is 0 Å². The number of nitrogens with zero attached hydrogens (tertiary/aromatic N) is 2. The number of benzene rings is 1. The van der Waals surface area contributed by atoms with Gasteiger partial charge in [0, 0.05) is 45.2 Å². The van der Waals surface area contributed by atoms with Gasteiger partial charge in [-0.3, -0.25) is 0 Å². The van der Waals surface area contributed by atoms with Crippen molar-refractivity contribution in [2.45, 2.75) is 6.42 Å². The van der Waals surface area contributed by atoms with Crippen molar-refractivity contribution >= 4 is 11.4 Å². The van der Waals surface area contributed by atoms with E-state index in [9.17, 15) is 0 Å². The molecule has 3 rings (SSSR count). The number of hydrogen-bond acceptors (Lipinski definition) is 4. The van der Waals surface area contributed by atoms with Gasteiger partial charge in [-0.15, -0.1) is 0 Å². The Morgan fingerprint density at radius 3 is 2.75 bits per heavy atom. The van der Waals surface area contributed by atoms with Crippen LogP contribution in [0.5, 0.6) is 0 Å². The smallest absolute Gasteiger partial charge is 0.0604 e. The lowest BCUT2D eigenvalue weighted by Crippen LogP contribution is -2.48. The minimum absolute atomic E-state index is 0.262. The fraction of sp³-hybridized carbons (Fsp3) is 0.625. The van der Waals surface area contributed by atoms with E-state index in [4.69, 9.17) is 4.74 Å². The molecule has 1 aromatic rings. The van der Waals surface area contributed by atoms with Crippen LogP contribution < -0.4 is 15.1 Å². The van der Waals surface area contributed by atoms with Crippen LogP contribution in [0, 0.1) is 5.41 Å². The summed E-state index contributed by atoms with van der Waals surface area (Å²) in [6, 6.07) is 8.73. The van der Waals surface area contributed by atoms with Gasteiger partial charge in [0.05, 0.1) is 18.0 Å². The van der Waals surface area contributed by atoms with Gasteiger partial charge in [0.2, 0.25) is 0 Å². The minimum Gasteiger partial charge on any atom is -0.381 e. The summed E-state index contributed by atoms with van der Waals surface area (Å²) in [6.07, 6.45) is 1.16. The Kier molecular flexibility index (Phi) is 3.85. The van der Waals surface area contributed by atoms with E-state index in [-0.39, 0.29) is 5.41 Å². The first-order chi connectivity index (χ1) is 9.74. The van der Waals surface area contributed by atoms with Crippen molar-refractivity contribution in [2.24, 2.45) is 5.41 Å². The minimum atomic E-state index is 0.262. The molecule has 1 fully saturated rings. The molecule has 2 heterocycles. The van der Waals surface area contributed by atoms with E-state index >= 15 is 0 Å². The summed E-state index contributed by atoms with van der Waals surface area (Å²) < 4.78 is 5.69. The number of likely N-dealkylation sites (N-methyl/N-ethyl adjacent to an activating group) is 1. The zero-order valence-electron chi connectivity index (χ0n) is 12.6. The van der Waals surface area contributed by atoms with Gasteiger partial charge in [0.25, 0.3) is 0 Å². The molecular weight excluding hydrogens is 250 g/mol. The molecule has 0 aromatic heterocycles. The highest BCUT2D eigenvalue weighted by molar-refractivity contribution is 5.73. The summed E-state index contributed by atoms with van der Waals surface area (Å²) in [6.45, 7) is 6.08. The van der Waals surface area contributed by atoms with Crippen molar-refractivity contribution in [2.75, 3.05) is 63.3 Å². The Hall–Kier alpha value is -1.26. The number of ether oxygens (including phenoxy) is 1. The number of rotatable bonds is 4. The Bertz CT molecular complexity index is 457. The van der Waals surface area contributed by atoms with Gasteiger partial charge < -0.3 is 19.9 Å². The van der Waals surface area contributed by atoms with Gasteiger partial charge in [-0.05, 0) is 25.6 Å². The maximum absolute atomic E-state index is 5.69. The molecule has 110 valence electrons. The Balaban J connectivity index is 1.82. The average Bonchev–Trinajstić information content (AvgIpc) is 2.91. The van der Waals surface area contributed by atoms with Crippen molar-refractivity contribution in [3.63, 3.8) is 0 Å². The van der Waals surface area contributed by atoms with Crippen LogP contribution >= 0.6 is 0 Å². The van der Waals surface area contributed by atoms with Crippen molar-refractivity contribution in [1.82, 2.24) is 5.32 Å². The van der Waals surface area contributed by atoms with Crippen LogP contribution in [0.3, 0.4) is 0 Å². The van der Waals surface area contributed by atoms with Crippen LogP contribution in [0.15, 0.2) is 24.3 Å². The molecule has 0 amide bonds. The molecule has 1 atom stereocenters. The standard InChI is InChI=1S/C16H25N3O/c1-17-11-16(7-10-20-13-16)12-19-9-8-18(2)14-5-3-4-6-15(14)19/h3-6,17H,7-13H2,1-2H3. The lowest BCUT2D eigenvalue weighted by molar-refractivity contribution is 0.153. The molecule has 0 aliphatic carbocycles. The maximum atomic E-state index is 5.69. The van der Waals surface area contributed by atoms with E-state index in [2.05, 4.69) is 46.4 Å². The SMILES string of the molecule is CNCC1(CN2CCN(C)c3ccccc32)CCOC1. The fourth-order valence-corrected chi connectivity index (χ4v) is 3.48. The number of hydrogen-bond donors (Lipinski definition) is 1. The molecule has 1 saturated heterocycles. The third kappa shape index (κ3) is 2.50.